The van der Waals surface area contributed by atoms with Crippen molar-refractivity contribution in [1.29, 1.82) is 0 Å². The van der Waals surface area contributed by atoms with Gasteiger partial charge in [0.05, 0.1) is 17.6 Å². The van der Waals surface area contributed by atoms with Crippen LogP contribution in [0, 0.1) is 0 Å². The summed E-state index contributed by atoms with van der Waals surface area (Å²) in [4.78, 5) is 28.5. The molecule has 1 aromatic heterocycles. The molecule has 0 amide bonds. The summed E-state index contributed by atoms with van der Waals surface area (Å²) in [5.41, 5.74) is 1.56. The number of carbonyl (C=O) groups is 1. The van der Waals surface area contributed by atoms with E-state index in [9.17, 15) is 9.59 Å². The van der Waals surface area contributed by atoms with E-state index >= 15 is 0 Å². The third kappa shape index (κ3) is 2.08. The van der Waals surface area contributed by atoms with Gasteiger partial charge in [0.25, 0.3) is 12.0 Å². The van der Waals surface area contributed by atoms with Gasteiger partial charge < -0.3 is 9.72 Å². The number of rotatable bonds is 4. The Morgan fingerprint density at radius 3 is 3.00 bits per heavy atom. The summed E-state index contributed by atoms with van der Waals surface area (Å²) in [5.74, 6) is 0. The van der Waals surface area contributed by atoms with E-state index in [0.29, 0.717) is 24.1 Å². The first-order valence-corrected chi connectivity index (χ1v) is 4.84. The number of fused-ring (bicyclic) bond motifs is 1. The van der Waals surface area contributed by atoms with Crippen molar-refractivity contribution in [3.05, 3.63) is 40.3 Å². The van der Waals surface area contributed by atoms with Crippen LogP contribution in [0.5, 0.6) is 0 Å². The van der Waals surface area contributed by atoms with Crippen molar-refractivity contribution >= 4 is 17.5 Å². The number of benzene rings is 1. The van der Waals surface area contributed by atoms with Gasteiger partial charge >= 0.3 is 0 Å². The molecule has 82 valence electrons. The van der Waals surface area contributed by atoms with Gasteiger partial charge in [-0.2, -0.15) is 0 Å². The maximum atomic E-state index is 11.6. The highest BCUT2D eigenvalue weighted by molar-refractivity contribution is 5.73. The smallest absolute Gasteiger partial charge is 0.293 e. The summed E-state index contributed by atoms with van der Waals surface area (Å²) in [6.07, 6.45) is 0.318. The molecule has 16 heavy (non-hydrogen) atoms. The molecule has 0 aliphatic carbocycles. The maximum absolute atomic E-state index is 11.6. The van der Waals surface area contributed by atoms with Crippen LogP contribution in [0.3, 0.4) is 0 Å². The van der Waals surface area contributed by atoms with Crippen molar-refractivity contribution in [3.63, 3.8) is 0 Å². The van der Waals surface area contributed by atoms with Gasteiger partial charge in [-0.3, -0.25) is 9.59 Å². The lowest BCUT2D eigenvalue weighted by molar-refractivity contribution is -0.128. The SMILES string of the molecule is O=COCCc1nc2ccccc2[nH]c1=O. The van der Waals surface area contributed by atoms with Crippen LogP contribution in [-0.4, -0.2) is 23.0 Å². The second-order valence-corrected chi connectivity index (χ2v) is 3.25. The standard InChI is InChI=1S/C11H10N2O3/c14-7-16-6-5-10-11(15)13-9-4-2-1-3-8(9)12-10/h1-4,7H,5-6H2,(H,13,15). The number of aromatic nitrogens is 2. The van der Waals surface area contributed by atoms with Crippen molar-refractivity contribution in [1.82, 2.24) is 9.97 Å². The number of hydrogen-bond acceptors (Lipinski definition) is 4. The van der Waals surface area contributed by atoms with Gasteiger partial charge in [-0.15, -0.1) is 0 Å². The number of ether oxygens (including phenoxy) is 1. The normalized spacial score (nSPS) is 10.2. The van der Waals surface area contributed by atoms with Crippen LogP contribution in [0.2, 0.25) is 0 Å². The average molecular weight is 218 g/mol. The van der Waals surface area contributed by atoms with Gasteiger partial charge in [-0.25, -0.2) is 4.98 Å². The van der Waals surface area contributed by atoms with Crippen molar-refractivity contribution in [2.45, 2.75) is 6.42 Å². The molecule has 0 radical (unpaired) electrons. The van der Waals surface area contributed by atoms with Crippen LogP contribution in [0.4, 0.5) is 0 Å². The molecular weight excluding hydrogens is 208 g/mol. The van der Waals surface area contributed by atoms with E-state index in [4.69, 9.17) is 0 Å². The number of carbonyl (C=O) groups excluding carboxylic acids is 1. The molecular formula is C11H10N2O3. The van der Waals surface area contributed by atoms with Crippen LogP contribution in [0.1, 0.15) is 5.69 Å². The van der Waals surface area contributed by atoms with Gasteiger partial charge in [-0.05, 0) is 12.1 Å². The molecule has 0 spiro atoms. The first-order chi connectivity index (χ1) is 7.81. The fourth-order valence-electron chi connectivity index (χ4n) is 1.44. The summed E-state index contributed by atoms with van der Waals surface area (Å²) in [5, 5.41) is 0. The minimum atomic E-state index is -0.242. The van der Waals surface area contributed by atoms with E-state index in [1.54, 1.807) is 6.07 Å². The van der Waals surface area contributed by atoms with E-state index < -0.39 is 0 Å². The highest BCUT2D eigenvalue weighted by atomic mass is 16.5. The number of hydrogen-bond donors (Lipinski definition) is 1. The molecule has 0 unspecified atom stereocenters. The number of aromatic amines is 1. The Kier molecular flexibility index (Phi) is 2.95. The summed E-state index contributed by atoms with van der Waals surface area (Å²) in [7, 11) is 0. The lowest BCUT2D eigenvalue weighted by Gasteiger charge is -2.01. The van der Waals surface area contributed by atoms with Gasteiger partial charge in [0, 0.05) is 6.42 Å². The first-order valence-electron chi connectivity index (χ1n) is 4.84. The summed E-state index contributed by atoms with van der Waals surface area (Å²) in [6.45, 7) is 0.521. The number of nitrogens with one attached hydrogen (secondary N) is 1. The molecule has 1 N–H and O–H groups in total. The minimum Gasteiger partial charge on any atom is -0.467 e. The Hall–Kier alpha value is -2.17. The first kappa shape index (κ1) is 10.4. The van der Waals surface area contributed by atoms with E-state index in [-0.39, 0.29) is 12.2 Å². The molecule has 0 saturated carbocycles. The van der Waals surface area contributed by atoms with Crippen molar-refractivity contribution in [3.8, 4) is 0 Å². The predicted octanol–water partition coefficient (Wildman–Crippen LogP) is 0.639. The number of para-hydroxylation sites is 2. The Morgan fingerprint density at radius 1 is 1.38 bits per heavy atom. The second-order valence-electron chi connectivity index (χ2n) is 3.25. The average Bonchev–Trinajstić information content (AvgIpc) is 2.30. The van der Waals surface area contributed by atoms with Crippen molar-refractivity contribution in [2.75, 3.05) is 6.61 Å². The molecule has 0 fully saturated rings. The molecule has 0 aliphatic heterocycles. The van der Waals surface area contributed by atoms with Gasteiger partial charge in [0.15, 0.2) is 0 Å². The fourth-order valence-corrected chi connectivity index (χ4v) is 1.44. The van der Waals surface area contributed by atoms with Gasteiger partial charge in [-0.1, -0.05) is 12.1 Å². The molecule has 0 aliphatic rings. The fraction of sp³-hybridized carbons (Fsp3) is 0.182. The maximum Gasteiger partial charge on any atom is 0.293 e. The molecule has 2 rings (SSSR count). The zero-order chi connectivity index (χ0) is 11.4. The Balaban J connectivity index is 2.34. The van der Waals surface area contributed by atoms with E-state index in [2.05, 4.69) is 14.7 Å². The quantitative estimate of drug-likeness (QED) is 0.603. The molecule has 2 aromatic rings. The third-order valence-corrected chi connectivity index (χ3v) is 2.19. The van der Waals surface area contributed by atoms with E-state index in [0.717, 1.165) is 5.52 Å². The Morgan fingerprint density at radius 2 is 2.19 bits per heavy atom. The molecule has 0 saturated heterocycles. The number of H-pyrrole nitrogens is 1. The highest BCUT2D eigenvalue weighted by Gasteiger charge is 2.03. The second kappa shape index (κ2) is 4.57. The van der Waals surface area contributed by atoms with Crippen molar-refractivity contribution in [2.24, 2.45) is 0 Å². The summed E-state index contributed by atoms with van der Waals surface area (Å²) >= 11 is 0. The summed E-state index contributed by atoms with van der Waals surface area (Å²) in [6, 6.07) is 7.28. The molecule has 5 nitrogen and oxygen atoms in total. The molecule has 1 heterocycles. The Bertz CT molecular complexity index is 562. The zero-order valence-corrected chi connectivity index (χ0v) is 8.47. The minimum absolute atomic E-state index is 0.165. The highest BCUT2D eigenvalue weighted by Crippen LogP contribution is 2.05. The van der Waals surface area contributed by atoms with Gasteiger partial charge in [0.1, 0.15) is 5.69 Å². The summed E-state index contributed by atoms with van der Waals surface area (Å²) < 4.78 is 4.53. The Labute approximate surface area is 91.1 Å². The van der Waals surface area contributed by atoms with E-state index in [1.807, 2.05) is 18.2 Å². The van der Waals surface area contributed by atoms with Crippen LogP contribution in [0.25, 0.3) is 11.0 Å². The van der Waals surface area contributed by atoms with Crippen LogP contribution >= 0.6 is 0 Å². The molecule has 5 heteroatoms. The largest absolute Gasteiger partial charge is 0.467 e. The lowest BCUT2D eigenvalue weighted by Crippen LogP contribution is -2.16. The molecule has 1 aromatic carbocycles. The third-order valence-electron chi connectivity index (χ3n) is 2.19. The predicted molar refractivity (Wildman–Crippen MR) is 58.1 cm³/mol. The molecule has 0 atom stereocenters. The van der Waals surface area contributed by atoms with Crippen LogP contribution in [-0.2, 0) is 16.0 Å². The zero-order valence-electron chi connectivity index (χ0n) is 8.47. The van der Waals surface area contributed by atoms with Gasteiger partial charge in [0.2, 0.25) is 0 Å². The topological polar surface area (TPSA) is 72.0 Å². The van der Waals surface area contributed by atoms with Crippen LogP contribution in [0.15, 0.2) is 29.1 Å². The monoisotopic (exact) mass is 218 g/mol. The molecule has 0 bridgehead atoms. The number of nitrogens with zero attached hydrogens (tertiary/aromatic N) is 1. The lowest BCUT2D eigenvalue weighted by atomic mass is 10.2. The van der Waals surface area contributed by atoms with E-state index in [1.165, 1.54) is 0 Å². The van der Waals surface area contributed by atoms with Crippen molar-refractivity contribution < 1.29 is 9.53 Å². The van der Waals surface area contributed by atoms with Crippen LogP contribution < -0.4 is 5.56 Å².